The third kappa shape index (κ3) is 3.45. The van der Waals surface area contributed by atoms with E-state index in [4.69, 9.17) is 5.11 Å². The van der Waals surface area contributed by atoms with Crippen molar-refractivity contribution in [1.29, 1.82) is 0 Å². The van der Waals surface area contributed by atoms with E-state index in [-0.39, 0.29) is 36.6 Å². The number of hydrogen-bond donors (Lipinski definition) is 2. The van der Waals surface area contributed by atoms with Crippen LogP contribution in [-0.4, -0.2) is 47.9 Å². The minimum atomic E-state index is -0.912. The molecule has 1 rings (SSSR count). The van der Waals surface area contributed by atoms with Gasteiger partial charge in [-0.2, -0.15) is 0 Å². The predicted octanol–water partition coefficient (Wildman–Crippen LogP) is -0.0623. The first-order valence-corrected chi connectivity index (χ1v) is 6.07. The number of nitrogens with zero attached hydrogens (tertiary/aromatic N) is 1. The molecule has 1 heterocycles. The molecule has 0 aromatic carbocycles. The fourth-order valence-corrected chi connectivity index (χ4v) is 2.00. The summed E-state index contributed by atoms with van der Waals surface area (Å²) < 4.78 is 0. The van der Waals surface area contributed by atoms with Crippen LogP contribution in [0.1, 0.15) is 20.3 Å². The van der Waals surface area contributed by atoms with Crippen LogP contribution in [0, 0.1) is 17.8 Å². The largest absolute Gasteiger partial charge is 0.481 e. The molecule has 1 aliphatic rings. The van der Waals surface area contributed by atoms with Crippen molar-refractivity contribution in [2.45, 2.75) is 20.3 Å². The topological polar surface area (TPSA) is 86.7 Å². The molecule has 0 radical (unpaired) electrons. The van der Waals surface area contributed by atoms with Gasteiger partial charge in [0.25, 0.3) is 0 Å². The molecule has 1 saturated heterocycles. The normalized spacial score (nSPS) is 21.2. The standard InChI is InChI=1S/C12H20N2O4/c1-7(2)9(12(17)18)5-13-11(16)8-4-10(15)14(3)6-8/h7-9H,4-6H2,1-3H3,(H,13,16)(H,17,18). The van der Waals surface area contributed by atoms with Gasteiger partial charge in [0.2, 0.25) is 11.8 Å². The lowest BCUT2D eigenvalue weighted by atomic mass is 9.95. The molecule has 1 aliphatic heterocycles. The van der Waals surface area contributed by atoms with E-state index in [2.05, 4.69) is 5.32 Å². The highest BCUT2D eigenvalue weighted by Gasteiger charge is 2.32. The second-order valence-electron chi connectivity index (χ2n) is 5.11. The van der Waals surface area contributed by atoms with Crippen LogP contribution < -0.4 is 5.32 Å². The number of nitrogens with one attached hydrogen (secondary N) is 1. The molecule has 18 heavy (non-hydrogen) atoms. The molecular weight excluding hydrogens is 236 g/mol. The summed E-state index contributed by atoms with van der Waals surface area (Å²) in [4.78, 5) is 35.6. The first-order chi connectivity index (χ1) is 8.32. The smallest absolute Gasteiger partial charge is 0.308 e. The molecule has 2 amide bonds. The van der Waals surface area contributed by atoms with Gasteiger partial charge in [-0.3, -0.25) is 14.4 Å². The average molecular weight is 256 g/mol. The van der Waals surface area contributed by atoms with Gasteiger partial charge in [0, 0.05) is 26.6 Å². The highest BCUT2D eigenvalue weighted by molar-refractivity contribution is 5.89. The van der Waals surface area contributed by atoms with Crippen LogP contribution in [0.15, 0.2) is 0 Å². The van der Waals surface area contributed by atoms with E-state index < -0.39 is 11.9 Å². The van der Waals surface area contributed by atoms with Crippen LogP contribution in [0.3, 0.4) is 0 Å². The van der Waals surface area contributed by atoms with Gasteiger partial charge in [-0.25, -0.2) is 0 Å². The van der Waals surface area contributed by atoms with Crippen molar-refractivity contribution in [1.82, 2.24) is 10.2 Å². The maximum absolute atomic E-state index is 11.8. The molecular formula is C12H20N2O4. The minimum absolute atomic E-state index is 0.0457. The van der Waals surface area contributed by atoms with Gasteiger partial charge in [-0.05, 0) is 5.92 Å². The molecule has 1 fully saturated rings. The first kappa shape index (κ1) is 14.5. The Morgan fingerprint density at radius 2 is 2.11 bits per heavy atom. The summed E-state index contributed by atoms with van der Waals surface area (Å²) in [5.74, 6) is -2.19. The molecule has 0 saturated carbocycles. The van der Waals surface area contributed by atoms with E-state index in [0.29, 0.717) is 6.54 Å². The maximum Gasteiger partial charge on any atom is 0.308 e. The Bertz CT molecular complexity index is 354. The lowest BCUT2D eigenvalue weighted by Crippen LogP contribution is -2.39. The Balaban J connectivity index is 2.46. The first-order valence-electron chi connectivity index (χ1n) is 6.07. The predicted molar refractivity (Wildman–Crippen MR) is 64.7 cm³/mol. The Labute approximate surface area is 106 Å². The van der Waals surface area contributed by atoms with Crippen LogP contribution in [0.2, 0.25) is 0 Å². The van der Waals surface area contributed by atoms with Gasteiger partial charge in [0.15, 0.2) is 0 Å². The van der Waals surface area contributed by atoms with Crippen molar-refractivity contribution in [2.24, 2.45) is 17.8 Å². The van der Waals surface area contributed by atoms with E-state index in [1.165, 1.54) is 4.90 Å². The van der Waals surface area contributed by atoms with E-state index in [0.717, 1.165) is 0 Å². The van der Waals surface area contributed by atoms with E-state index >= 15 is 0 Å². The fraction of sp³-hybridized carbons (Fsp3) is 0.750. The number of carbonyl (C=O) groups excluding carboxylic acids is 2. The van der Waals surface area contributed by atoms with E-state index in [9.17, 15) is 14.4 Å². The zero-order valence-electron chi connectivity index (χ0n) is 11.0. The Hall–Kier alpha value is -1.59. The minimum Gasteiger partial charge on any atom is -0.481 e. The number of carboxylic acid groups (broad SMARTS) is 1. The monoisotopic (exact) mass is 256 g/mol. The lowest BCUT2D eigenvalue weighted by Gasteiger charge is -2.18. The quantitative estimate of drug-likeness (QED) is 0.721. The summed E-state index contributed by atoms with van der Waals surface area (Å²) in [6, 6.07) is 0. The van der Waals surface area contributed by atoms with Gasteiger partial charge >= 0.3 is 5.97 Å². The zero-order chi connectivity index (χ0) is 13.9. The van der Waals surface area contributed by atoms with Crippen molar-refractivity contribution >= 4 is 17.8 Å². The van der Waals surface area contributed by atoms with Crippen LogP contribution in [0.25, 0.3) is 0 Å². The molecule has 0 aromatic heterocycles. The third-order valence-corrected chi connectivity index (χ3v) is 3.33. The highest BCUT2D eigenvalue weighted by Crippen LogP contribution is 2.16. The Morgan fingerprint density at radius 3 is 2.50 bits per heavy atom. The second-order valence-corrected chi connectivity index (χ2v) is 5.11. The van der Waals surface area contributed by atoms with Crippen LogP contribution in [0.4, 0.5) is 0 Å². The maximum atomic E-state index is 11.8. The molecule has 2 unspecified atom stereocenters. The molecule has 0 bridgehead atoms. The summed E-state index contributed by atoms with van der Waals surface area (Å²) in [6.07, 6.45) is 0.210. The van der Waals surface area contributed by atoms with Gasteiger partial charge < -0.3 is 15.3 Å². The van der Waals surface area contributed by atoms with Crippen molar-refractivity contribution in [3.63, 3.8) is 0 Å². The summed E-state index contributed by atoms with van der Waals surface area (Å²) >= 11 is 0. The molecule has 6 nitrogen and oxygen atoms in total. The molecule has 0 aliphatic carbocycles. The van der Waals surface area contributed by atoms with Gasteiger partial charge in [-0.1, -0.05) is 13.8 Å². The number of carbonyl (C=O) groups is 3. The van der Waals surface area contributed by atoms with Crippen LogP contribution in [0.5, 0.6) is 0 Å². The number of likely N-dealkylation sites (tertiary alicyclic amines) is 1. The number of amides is 2. The van der Waals surface area contributed by atoms with E-state index in [1.54, 1.807) is 20.9 Å². The van der Waals surface area contributed by atoms with Gasteiger partial charge in [0.05, 0.1) is 11.8 Å². The molecule has 2 N–H and O–H groups in total. The molecule has 102 valence electrons. The lowest BCUT2D eigenvalue weighted by molar-refractivity contribution is -0.143. The fourth-order valence-electron chi connectivity index (χ4n) is 2.00. The summed E-state index contributed by atoms with van der Waals surface area (Å²) in [5, 5.41) is 11.6. The van der Waals surface area contributed by atoms with Gasteiger partial charge in [-0.15, -0.1) is 0 Å². The summed E-state index contributed by atoms with van der Waals surface area (Å²) in [6.45, 7) is 4.12. The number of hydrogen-bond acceptors (Lipinski definition) is 3. The SMILES string of the molecule is CC(C)C(CNC(=O)C1CC(=O)N(C)C1)C(=O)O. The van der Waals surface area contributed by atoms with Crippen molar-refractivity contribution < 1.29 is 19.5 Å². The van der Waals surface area contributed by atoms with E-state index in [1.807, 2.05) is 0 Å². The number of aliphatic carboxylic acids is 1. The summed E-state index contributed by atoms with van der Waals surface area (Å²) in [5.41, 5.74) is 0. The molecule has 2 atom stereocenters. The van der Waals surface area contributed by atoms with Crippen LogP contribution >= 0.6 is 0 Å². The molecule has 0 spiro atoms. The third-order valence-electron chi connectivity index (χ3n) is 3.33. The Morgan fingerprint density at radius 1 is 1.50 bits per heavy atom. The van der Waals surface area contributed by atoms with Gasteiger partial charge in [0.1, 0.15) is 0 Å². The molecule has 0 aromatic rings. The average Bonchev–Trinajstić information content (AvgIpc) is 2.58. The molecule has 6 heteroatoms. The highest BCUT2D eigenvalue weighted by atomic mass is 16.4. The zero-order valence-corrected chi connectivity index (χ0v) is 11.0. The number of rotatable bonds is 5. The Kier molecular flexibility index (Phi) is 4.69. The van der Waals surface area contributed by atoms with Crippen molar-refractivity contribution in [2.75, 3.05) is 20.1 Å². The second kappa shape index (κ2) is 5.84. The summed E-state index contributed by atoms with van der Waals surface area (Å²) in [7, 11) is 1.66. The van der Waals surface area contributed by atoms with Crippen molar-refractivity contribution in [3.8, 4) is 0 Å². The number of carboxylic acids is 1. The van der Waals surface area contributed by atoms with Crippen molar-refractivity contribution in [3.05, 3.63) is 0 Å². The van der Waals surface area contributed by atoms with Crippen LogP contribution in [-0.2, 0) is 14.4 Å².